The lowest BCUT2D eigenvalue weighted by atomic mass is 9.93. The molecule has 4 nitrogen and oxygen atoms in total. The van der Waals surface area contributed by atoms with Crippen molar-refractivity contribution < 1.29 is 19.8 Å². The summed E-state index contributed by atoms with van der Waals surface area (Å²) in [5.74, 6) is -1.96. The molecule has 0 fully saturated rings. The van der Waals surface area contributed by atoms with Crippen LogP contribution in [0.5, 0.6) is 0 Å². The fourth-order valence-electron chi connectivity index (χ4n) is 2.14. The molecule has 102 valence electrons. The van der Waals surface area contributed by atoms with E-state index in [1.807, 2.05) is 13.8 Å². The van der Waals surface area contributed by atoms with E-state index in [-0.39, 0.29) is 11.1 Å². The fourth-order valence-corrected chi connectivity index (χ4v) is 2.14. The summed E-state index contributed by atoms with van der Waals surface area (Å²) in [4.78, 5) is 22.0. The minimum Gasteiger partial charge on any atom is -0.478 e. The maximum Gasteiger partial charge on any atom is 0.335 e. The number of aryl methyl sites for hydroxylation is 2. The number of hydrogen-bond donors (Lipinski definition) is 2. The van der Waals surface area contributed by atoms with Gasteiger partial charge in [0.1, 0.15) is 0 Å². The maximum absolute atomic E-state index is 11.0. The Labute approximate surface area is 116 Å². The van der Waals surface area contributed by atoms with Crippen molar-refractivity contribution in [1.82, 2.24) is 0 Å². The predicted molar refractivity (Wildman–Crippen MR) is 75.3 cm³/mol. The molecule has 0 bridgehead atoms. The average molecular weight is 270 g/mol. The third kappa shape index (κ3) is 2.54. The Morgan fingerprint density at radius 2 is 1.30 bits per heavy atom. The Hall–Kier alpha value is -2.62. The predicted octanol–water partition coefficient (Wildman–Crippen LogP) is 3.37. The highest BCUT2D eigenvalue weighted by Crippen LogP contribution is 2.28. The zero-order chi connectivity index (χ0) is 14.9. The molecule has 2 aromatic carbocycles. The van der Waals surface area contributed by atoms with Gasteiger partial charge in [-0.2, -0.15) is 0 Å². The Morgan fingerprint density at radius 3 is 1.85 bits per heavy atom. The van der Waals surface area contributed by atoms with Crippen LogP contribution in [0, 0.1) is 13.8 Å². The van der Waals surface area contributed by atoms with Crippen molar-refractivity contribution in [2.24, 2.45) is 0 Å². The molecule has 0 aliphatic rings. The van der Waals surface area contributed by atoms with Crippen molar-refractivity contribution in [2.75, 3.05) is 0 Å². The van der Waals surface area contributed by atoms with Gasteiger partial charge in [-0.3, -0.25) is 0 Å². The highest BCUT2D eigenvalue weighted by Gasteiger charge is 2.11. The van der Waals surface area contributed by atoms with Crippen LogP contribution in [-0.4, -0.2) is 22.2 Å². The van der Waals surface area contributed by atoms with Crippen molar-refractivity contribution in [3.05, 3.63) is 58.7 Å². The standard InChI is InChI=1S/C16H14O4/c1-9-3-4-12(16(19)20)8-14(9)13-6-5-11(15(17)18)7-10(13)2/h3-8H,1-2H3,(H,17,18)(H,19,20). The van der Waals surface area contributed by atoms with Gasteiger partial charge in [0, 0.05) is 0 Å². The molecule has 0 unspecified atom stereocenters. The van der Waals surface area contributed by atoms with E-state index < -0.39 is 11.9 Å². The highest BCUT2D eigenvalue weighted by molar-refractivity contribution is 5.91. The zero-order valence-electron chi connectivity index (χ0n) is 11.2. The van der Waals surface area contributed by atoms with Gasteiger partial charge < -0.3 is 10.2 Å². The maximum atomic E-state index is 11.0. The van der Waals surface area contributed by atoms with Crippen LogP contribution in [0.2, 0.25) is 0 Å². The summed E-state index contributed by atoms with van der Waals surface area (Å²) in [6.45, 7) is 3.71. The van der Waals surface area contributed by atoms with Crippen LogP contribution in [-0.2, 0) is 0 Å². The lowest BCUT2D eigenvalue weighted by Gasteiger charge is -2.11. The largest absolute Gasteiger partial charge is 0.478 e. The lowest BCUT2D eigenvalue weighted by Crippen LogP contribution is -2.00. The molecular formula is C16H14O4. The molecule has 2 rings (SSSR count). The Balaban J connectivity index is 2.59. The van der Waals surface area contributed by atoms with Crippen molar-refractivity contribution in [1.29, 1.82) is 0 Å². The first kappa shape index (κ1) is 13.8. The van der Waals surface area contributed by atoms with Crippen LogP contribution in [0.3, 0.4) is 0 Å². The molecule has 4 heteroatoms. The quantitative estimate of drug-likeness (QED) is 0.896. The van der Waals surface area contributed by atoms with Crippen LogP contribution in [0.15, 0.2) is 36.4 Å². The number of carboxylic acid groups (broad SMARTS) is 2. The van der Waals surface area contributed by atoms with Gasteiger partial charge in [-0.1, -0.05) is 12.1 Å². The molecular weight excluding hydrogens is 256 g/mol. The fraction of sp³-hybridized carbons (Fsp3) is 0.125. The smallest absolute Gasteiger partial charge is 0.335 e. The molecule has 0 aromatic heterocycles. The average Bonchev–Trinajstić information content (AvgIpc) is 2.39. The Kier molecular flexibility index (Phi) is 3.57. The van der Waals surface area contributed by atoms with E-state index in [9.17, 15) is 9.59 Å². The Bertz CT molecular complexity index is 702. The number of hydrogen-bond acceptors (Lipinski definition) is 2. The van der Waals surface area contributed by atoms with Crippen molar-refractivity contribution in [3.8, 4) is 11.1 Å². The molecule has 0 amide bonds. The SMILES string of the molecule is Cc1cc(C(=O)O)ccc1-c1cc(C(=O)O)ccc1C. The summed E-state index contributed by atoms with van der Waals surface area (Å²) in [6.07, 6.45) is 0. The van der Waals surface area contributed by atoms with Gasteiger partial charge in [-0.05, 0) is 60.4 Å². The zero-order valence-corrected chi connectivity index (χ0v) is 11.2. The summed E-state index contributed by atoms with van der Waals surface area (Å²) in [6, 6.07) is 9.75. The van der Waals surface area contributed by atoms with Crippen molar-refractivity contribution >= 4 is 11.9 Å². The first-order valence-electron chi connectivity index (χ1n) is 6.08. The van der Waals surface area contributed by atoms with Crippen LogP contribution in [0.4, 0.5) is 0 Å². The minimum atomic E-state index is -0.981. The molecule has 0 heterocycles. The lowest BCUT2D eigenvalue weighted by molar-refractivity contribution is 0.0686. The summed E-state index contributed by atoms with van der Waals surface area (Å²) >= 11 is 0. The highest BCUT2D eigenvalue weighted by atomic mass is 16.4. The molecule has 0 aliphatic carbocycles. The van der Waals surface area contributed by atoms with Crippen LogP contribution >= 0.6 is 0 Å². The van der Waals surface area contributed by atoms with Crippen molar-refractivity contribution in [3.63, 3.8) is 0 Å². The third-order valence-electron chi connectivity index (χ3n) is 3.25. The molecule has 0 atom stereocenters. The van der Waals surface area contributed by atoms with E-state index in [1.54, 1.807) is 30.3 Å². The summed E-state index contributed by atoms with van der Waals surface area (Å²) < 4.78 is 0. The molecule has 0 radical (unpaired) electrons. The minimum absolute atomic E-state index is 0.215. The molecule has 2 N–H and O–H groups in total. The first-order chi connectivity index (χ1) is 9.40. The van der Waals surface area contributed by atoms with Gasteiger partial charge in [-0.25, -0.2) is 9.59 Å². The second-order valence-electron chi connectivity index (χ2n) is 4.67. The molecule has 0 saturated heterocycles. The van der Waals surface area contributed by atoms with E-state index >= 15 is 0 Å². The first-order valence-corrected chi connectivity index (χ1v) is 6.08. The summed E-state index contributed by atoms with van der Waals surface area (Å²) in [5.41, 5.74) is 3.83. The topological polar surface area (TPSA) is 74.6 Å². The van der Waals surface area contributed by atoms with Gasteiger partial charge in [-0.15, -0.1) is 0 Å². The summed E-state index contributed by atoms with van der Waals surface area (Å²) in [5, 5.41) is 18.0. The van der Waals surface area contributed by atoms with Crippen molar-refractivity contribution in [2.45, 2.75) is 13.8 Å². The van der Waals surface area contributed by atoms with E-state index in [4.69, 9.17) is 10.2 Å². The Morgan fingerprint density at radius 1 is 0.750 bits per heavy atom. The van der Waals surface area contributed by atoms with Crippen LogP contribution in [0.25, 0.3) is 11.1 Å². The number of rotatable bonds is 3. The van der Waals surface area contributed by atoms with Gasteiger partial charge >= 0.3 is 11.9 Å². The second-order valence-corrected chi connectivity index (χ2v) is 4.67. The molecule has 0 saturated carbocycles. The number of carboxylic acids is 2. The number of aromatic carboxylic acids is 2. The third-order valence-corrected chi connectivity index (χ3v) is 3.25. The number of carbonyl (C=O) groups is 2. The monoisotopic (exact) mass is 270 g/mol. The van der Waals surface area contributed by atoms with E-state index in [1.165, 1.54) is 6.07 Å². The normalized spacial score (nSPS) is 10.3. The molecule has 20 heavy (non-hydrogen) atoms. The van der Waals surface area contributed by atoms with E-state index in [0.717, 1.165) is 22.3 Å². The van der Waals surface area contributed by atoms with Gasteiger partial charge in [0.15, 0.2) is 0 Å². The van der Waals surface area contributed by atoms with Gasteiger partial charge in [0.2, 0.25) is 0 Å². The van der Waals surface area contributed by atoms with Crippen LogP contribution in [0.1, 0.15) is 31.8 Å². The molecule has 2 aromatic rings. The molecule has 0 spiro atoms. The summed E-state index contributed by atoms with van der Waals surface area (Å²) in [7, 11) is 0. The molecule has 0 aliphatic heterocycles. The van der Waals surface area contributed by atoms with E-state index in [0.29, 0.717) is 0 Å². The second kappa shape index (κ2) is 5.17. The van der Waals surface area contributed by atoms with Crippen LogP contribution < -0.4 is 0 Å². The van der Waals surface area contributed by atoms with Gasteiger partial charge in [0.05, 0.1) is 11.1 Å². The number of benzene rings is 2. The van der Waals surface area contributed by atoms with Gasteiger partial charge in [0.25, 0.3) is 0 Å². The van der Waals surface area contributed by atoms with E-state index in [2.05, 4.69) is 0 Å².